The molecular formula is C18H14N6O2. The van der Waals surface area contributed by atoms with E-state index in [1.54, 1.807) is 25.3 Å². The van der Waals surface area contributed by atoms with Gasteiger partial charge < -0.3 is 15.0 Å². The summed E-state index contributed by atoms with van der Waals surface area (Å²) >= 11 is 0. The molecule has 1 amide bonds. The molecule has 0 aliphatic heterocycles. The largest absolute Gasteiger partial charge is 0.481 e. The summed E-state index contributed by atoms with van der Waals surface area (Å²) in [6.45, 7) is 0. The molecular weight excluding hydrogens is 332 g/mol. The molecule has 0 atom stereocenters. The Labute approximate surface area is 148 Å². The number of pyridine rings is 1. The van der Waals surface area contributed by atoms with E-state index in [0.29, 0.717) is 34.3 Å². The number of H-pyrrole nitrogens is 1. The normalized spacial score (nSPS) is 10.7. The highest BCUT2D eigenvalue weighted by Crippen LogP contribution is 2.23. The molecule has 0 unspecified atom stereocenters. The topological polar surface area (TPSA) is 106 Å². The van der Waals surface area contributed by atoms with Gasteiger partial charge in [-0.25, -0.2) is 15.0 Å². The molecule has 0 aliphatic carbocycles. The number of imidazole rings is 1. The Balaban J connectivity index is 1.72. The van der Waals surface area contributed by atoms with Crippen molar-refractivity contribution in [1.29, 1.82) is 0 Å². The lowest BCUT2D eigenvalue weighted by atomic mass is 10.1. The first-order chi connectivity index (χ1) is 12.7. The van der Waals surface area contributed by atoms with Gasteiger partial charge in [-0.1, -0.05) is 12.1 Å². The van der Waals surface area contributed by atoms with Gasteiger partial charge in [-0.15, -0.1) is 0 Å². The van der Waals surface area contributed by atoms with Crippen molar-refractivity contribution >= 4 is 22.8 Å². The number of carbonyl (C=O) groups excluding carboxylic acids is 1. The lowest BCUT2D eigenvalue weighted by Gasteiger charge is -2.04. The van der Waals surface area contributed by atoms with Crippen LogP contribution in [0.3, 0.4) is 0 Å². The molecule has 3 aromatic heterocycles. The van der Waals surface area contributed by atoms with Crippen LogP contribution in [0, 0.1) is 0 Å². The van der Waals surface area contributed by atoms with Crippen LogP contribution >= 0.6 is 0 Å². The van der Waals surface area contributed by atoms with Crippen molar-refractivity contribution in [3.8, 4) is 17.4 Å². The van der Waals surface area contributed by atoms with Gasteiger partial charge >= 0.3 is 0 Å². The summed E-state index contributed by atoms with van der Waals surface area (Å²) in [6, 6.07) is 10.7. The lowest BCUT2D eigenvalue weighted by Crippen LogP contribution is -2.13. The Bertz CT molecular complexity index is 1080. The zero-order valence-corrected chi connectivity index (χ0v) is 13.8. The fourth-order valence-corrected chi connectivity index (χ4v) is 2.54. The van der Waals surface area contributed by atoms with Crippen molar-refractivity contribution < 1.29 is 9.53 Å². The third kappa shape index (κ3) is 2.95. The first-order valence-corrected chi connectivity index (χ1v) is 7.82. The second kappa shape index (κ2) is 6.60. The molecule has 26 heavy (non-hydrogen) atoms. The minimum Gasteiger partial charge on any atom is -0.481 e. The summed E-state index contributed by atoms with van der Waals surface area (Å²) < 4.78 is 5.15. The molecule has 2 N–H and O–H groups in total. The zero-order chi connectivity index (χ0) is 17.9. The van der Waals surface area contributed by atoms with E-state index in [0.717, 1.165) is 5.52 Å². The predicted octanol–water partition coefficient (Wildman–Crippen LogP) is 2.68. The first kappa shape index (κ1) is 15.7. The molecule has 8 heteroatoms. The smallest absolute Gasteiger partial charge is 0.259 e. The van der Waals surface area contributed by atoms with Crippen molar-refractivity contribution in [2.45, 2.75) is 0 Å². The number of aromatic amines is 1. The Kier molecular flexibility index (Phi) is 3.98. The van der Waals surface area contributed by atoms with Crippen LogP contribution in [0.1, 0.15) is 10.4 Å². The summed E-state index contributed by atoms with van der Waals surface area (Å²) in [4.78, 5) is 32.7. The first-order valence-electron chi connectivity index (χ1n) is 7.82. The van der Waals surface area contributed by atoms with Gasteiger partial charge in [-0.2, -0.15) is 0 Å². The average Bonchev–Trinajstić information content (AvgIpc) is 3.13. The number of carbonyl (C=O) groups is 1. The number of methoxy groups -OCH3 is 1. The summed E-state index contributed by atoms with van der Waals surface area (Å²) in [7, 11) is 1.56. The van der Waals surface area contributed by atoms with Crippen molar-refractivity contribution in [3.05, 3.63) is 60.6 Å². The van der Waals surface area contributed by atoms with E-state index in [-0.39, 0.29) is 5.91 Å². The molecule has 0 radical (unpaired) electrons. The third-order valence-electron chi connectivity index (χ3n) is 3.74. The number of hydrogen-bond donors (Lipinski definition) is 2. The molecule has 4 aromatic rings. The molecule has 0 saturated carbocycles. The van der Waals surface area contributed by atoms with Crippen LogP contribution in [0.25, 0.3) is 22.6 Å². The van der Waals surface area contributed by atoms with Crippen LogP contribution in [-0.4, -0.2) is 37.9 Å². The Morgan fingerprint density at radius 1 is 1.12 bits per heavy atom. The highest BCUT2D eigenvalue weighted by molar-refractivity contribution is 6.11. The van der Waals surface area contributed by atoms with Gasteiger partial charge in [0.1, 0.15) is 11.2 Å². The molecule has 8 nitrogen and oxygen atoms in total. The van der Waals surface area contributed by atoms with Crippen LogP contribution in [0.5, 0.6) is 5.88 Å². The predicted molar refractivity (Wildman–Crippen MR) is 95.9 cm³/mol. The number of ether oxygens (including phenoxy) is 1. The number of rotatable bonds is 4. The third-order valence-corrected chi connectivity index (χ3v) is 3.74. The van der Waals surface area contributed by atoms with Gasteiger partial charge in [0, 0.05) is 18.5 Å². The molecule has 0 spiro atoms. The molecule has 0 saturated heterocycles. The van der Waals surface area contributed by atoms with E-state index in [9.17, 15) is 4.79 Å². The molecule has 0 aliphatic rings. The number of fused-ring (bicyclic) bond motifs is 1. The quantitative estimate of drug-likeness (QED) is 0.588. The van der Waals surface area contributed by atoms with Crippen molar-refractivity contribution in [2.75, 3.05) is 12.4 Å². The number of para-hydroxylation sites is 1. The lowest BCUT2D eigenvalue weighted by molar-refractivity contribution is 0.102. The molecule has 128 valence electrons. The van der Waals surface area contributed by atoms with Crippen molar-refractivity contribution in [1.82, 2.24) is 24.9 Å². The summed E-state index contributed by atoms with van der Waals surface area (Å²) in [5.41, 5.74) is 2.34. The van der Waals surface area contributed by atoms with Crippen LogP contribution in [0.4, 0.5) is 5.82 Å². The van der Waals surface area contributed by atoms with Gasteiger partial charge in [0.15, 0.2) is 11.6 Å². The maximum atomic E-state index is 12.6. The van der Waals surface area contributed by atoms with E-state index in [2.05, 4.69) is 30.2 Å². The van der Waals surface area contributed by atoms with Gasteiger partial charge in [-0.05, 0) is 18.2 Å². The van der Waals surface area contributed by atoms with E-state index in [4.69, 9.17) is 4.74 Å². The van der Waals surface area contributed by atoms with Gasteiger partial charge in [0.25, 0.3) is 5.91 Å². The van der Waals surface area contributed by atoms with Crippen LogP contribution in [-0.2, 0) is 0 Å². The Morgan fingerprint density at radius 2 is 2.00 bits per heavy atom. The maximum Gasteiger partial charge on any atom is 0.259 e. The van der Waals surface area contributed by atoms with Crippen LogP contribution < -0.4 is 10.1 Å². The molecule has 0 fully saturated rings. The van der Waals surface area contributed by atoms with Crippen molar-refractivity contribution in [3.63, 3.8) is 0 Å². The van der Waals surface area contributed by atoms with Gasteiger partial charge in [0.05, 0.1) is 24.4 Å². The average molecular weight is 346 g/mol. The summed E-state index contributed by atoms with van der Waals surface area (Å²) in [6.07, 6.45) is 4.53. The second-order valence-corrected chi connectivity index (χ2v) is 5.40. The Hall–Kier alpha value is -3.81. The number of aromatic nitrogens is 5. The number of amides is 1. The highest BCUT2D eigenvalue weighted by atomic mass is 16.5. The molecule has 0 bridgehead atoms. The standard InChI is InChI=1S/C18H14N6O2/c1-26-15-7-3-6-13(21-15)17-22-12-5-2-4-11(16(12)24-17)18(25)23-14-10-19-8-9-20-14/h2-10H,1H3,(H,22,24)(H,20,23,25). The second-order valence-electron chi connectivity index (χ2n) is 5.40. The Morgan fingerprint density at radius 3 is 2.81 bits per heavy atom. The molecule has 3 heterocycles. The van der Waals surface area contributed by atoms with E-state index in [1.165, 1.54) is 18.6 Å². The monoisotopic (exact) mass is 346 g/mol. The SMILES string of the molecule is COc1cccc(-c2nc3c(C(=O)Nc4cnccn4)cccc3[nH]2)n1. The van der Waals surface area contributed by atoms with E-state index < -0.39 is 0 Å². The van der Waals surface area contributed by atoms with Crippen LogP contribution in [0.15, 0.2) is 55.0 Å². The highest BCUT2D eigenvalue weighted by Gasteiger charge is 2.15. The fraction of sp³-hybridized carbons (Fsp3) is 0.0556. The molecule has 1 aromatic carbocycles. The number of nitrogens with zero attached hydrogens (tertiary/aromatic N) is 4. The van der Waals surface area contributed by atoms with Gasteiger partial charge in [-0.3, -0.25) is 9.78 Å². The number of hydrogen-bond acceptors (Lipinski definition) is 6. The molecule has 4 rings (SSSR count). The summed E-state index contributed by atoms with van der Waals surface area (Å²) in [5, 5.41) is 2.72. The minimum atomic E-state index is -0.312. The van der Waals surface area contributed by atoms with Crippen LogP contribution in [0.2, 0.25) is 0 Å². The zero-order valence-electron chi connectivity index (χ0n) is 13.8. The summed E-state index contributed by atoms with van der Waals surface area (Å²) in [5.74, 6) is 1.11. The maximum absolute atomic E-state index is 12.6. The number of nitrogens with one attached hydrogen (secondary N) is 2. The minimum absolute atomic E-state index is 0.312. The van der Waals surface area contributed by atoms with E-state index >= 15 is 0 Å². The van der Waals surface area contributed by atoms with Gasteiger partial charge in [0.2, 0.25) is 5.88 Å². The fourth-order valence-electron chi connectivity index (χ4n) is 2.54. The number of benzene rings is 1. The van der Waals surface area contributed by atoms with Crippen molar-refractivity contribution in [2.24, 2.45) is 0 Å². The van der Waals surface area contributed by atoms with E-state index in [1.807, 2.05) is 18.2 Å². The number of anilines is 1.